The highest BCUT2D eigenvalue weighted by Crippen LogP contribution is 2.30. The molecule has 0 aromatic heterocycles. The number of aliphatic hydroxyl groups is 1. The number of amides is 1. The zero-order valence-corrected chi connectivity index (χ0v) is 13.6. The van der Waals surface area contributed by atoms with Gasteiger partial charge in [-0.05, 0) is 31.7 Å². The fourth-order valence-electron chi connectivity index (χ4n) is 3.17. The summed E-state index contributed by atoms with van der Waals surface area (Å²) >= 11 is 0. The largest absolute Gasteiger partial charge is 0.445 e. The molecule has 0 radical (unpaired) electrons. The second kappa shape index (κ2) is 7.68. The average molecular weight is 303 g/mol. The van der Waals surface area contributed by atoms with Crippen LogP contribution in [0.4, 0.5) is 4.79 Å². The number of rotatable bonds is 5. The van der Waals surface area contributed by atoms with Crippen molar-refractivity contribution < 1.29 is 14.6 Å². The van der Waals surface area contributed by atoms with Crippen LogP contribution in [-0.2, 0) is 11.3 Å². The van der Waals surface area contributed by atoms with Gasteiger partial charge in [-0.1, -0.05) is 36.7 Å². The number of hydrogen-bond donors (Lipinski definition) is 1. The summed E-state index contributed by atoms with van der Waals surface area (Å²) in [5, 5.41) is 10.6. The summed E-state index contributed by atoms with van der Waals surface area (Å²) in [5.74, 6) is 0.130. The molecule has 2 rings (SSSR count). The van der Waals surface area contributed by atoms with Crippen LogP contribution in [-0.4, -0.2) is 42.6 Å². The van der Waals surface area contributed by atoms with E-state index in [1.54, 1.807) is 4.90 Å². The van der Waals surface area contributed by atoms with E-state index < -0.39 is 5.60 Å². The molecular formula is C17H26BNO3. The molecule has 0 saturated carbocycles. The van der Waals surface area contributed by atoms with Gasteiger partial charge >= 0.3 is 6.09 Å². The quantitative estimate of drug-likeness (QED) is 0.849. The van der Waals surface area contributed by atoms with Gasteiger partial charge in [0.25, 0.3) is 0 Å². The molecule has 2 unspecified atom stereocenters. The van der Waals surface area contributed by atoms with E-state index in [2.05, 4.69) is 7.85 Å². The number of benzene rings is 1. The summed E-state index contributed by atoms with van der Waals surface area (Å²) in [7, 11) is 2.07. The summed E-state index contributed by atoms with van der Waals surface area (Å²) in [4.78, 5) is 14.0. The van der Waals surface area contributed by atoms with Crippen LogP contribution in [0.5, 0.6) is 0 Å². The molecular weight excluding hydrogens is 277 g/mol. The van der Waals surface area contributed by atoms with Gasteiger partial charge in [0, 0.05) is 19.0 Å². The molecule has 22 heavy (non-hydrogen) atoms. The molecule has 1 aromatic carbocycles. The van der Waals surface area contributed by atoms with Crippen molar-refractivity contribution in [1.29, 1.82) is 0 Å². The molecule has 0 bridgehead atoms. The molecule has 1 amide bonds. The maximum atomic E-state index is 12.2. The van der Waals surface area contributed by atoms with E-state index in [0.717, 1.165) is 31.1 Å². The van der Waals surface area contributed by atoms with Crippen LogP contribution in [0.2, 0.25) is 6.32 Å². The molecule has 120 valence electrons. The number of piperidine rings is 1. The van der Waals surface area contributed by atoms with E-state index in [1.807, 2.05) is 37.3 Å². The summed E-state index contributed by atoms with van der Waals surface area (Å²) in [6, 6.07) is 9.69. The standard InChI is InChI=1S/C17H26BNO3/c1-17(21,9-10-18)15-8-5-11-19(12-15)16(20)22-13-14-6-3-2-4-7-14/h2-4,6-7,15,21H,5,8-13,18H2,1H3. The van der Waals surface area contributed by atoms with Crippen LogP contribution in [0.3, 0.4) is 0 Å². The summed E-state index contributed by atoms with van der Waals surface area (Å²) in [5.41, 5.74) is 0.287. The maximum absolute atomic E-state index is 12.2. The van der Waals surface area contributed by atoms with Crippen molar-refractivity contribution in [2.24, 2.45) is 5.92 Å². The number of likely N-dealkylation sites (tertiary alicyclic amines) is 1. The van der Waals surface area contributed by atoms with Crippen LogP contribution < -0.4 is 0 Å². The predicted molar refractivity (Wildman–Crippen MR) is 89.5 cm³/mol. The molecule has 1 aliphatic rings. The van der Waals surface area contributed by atoms with Crippen molar-refractivity contribution in [3.05, 3.63) is 35.9 Å². The van der Waals surface area contributed by atoms with E-state index in [0.29, 0.717) is 19.7 Å². The second-order valence-electron chi connectivity index (χ2n) is 6.43. The van der Waals surface area contributed by atoms with Crippen molar-refractivity contribution in [2.75, 3.05) is 13.1 Å². The van der Waals surface area contributed by atoms with Gasteiger partial charge in [0.2, 0.25) is 0 Å². The summed E-state index contributed by atoms with van der Waals surface area (Å²) in [6.07, 6.45) is 3.33. The minimum Gasteiger partial charge on any atom is -0.445 e. The second-order valence-corrected chi connectivity index (χ2v) is 6.43. The van der Waals surface area contributed by atoms with E-state index in [4.69, 9.17) is 4.74 Å². The molecule has 1 fully saturated rings. The molecule has 1 saturated heterocycles. The SMILES string of the molecule is BCCC(C)(O)C1CCCN(C(=O)OCc2ccccc2)C1. The zero-order valence-electron chi connectivity index (χ0n) is 13.6. The van der Waals surface area contributed by atoms with Gasteiger partial charge in [-0.2, -0.15) is 0 Å². The van der Waals surface area contributed by atoms with E-state index in [-0.39, 0.29) is 12.0 Å². The smallest absolute Gasteiger partial charge is 0.410 e. The Morgan fingerprint density at radius 1 is 1.45 bits per heavy atom. The first-order chi connectivity index (χ1) is 10.5. The Hall–Kier alpha value is -1.49. The van der Waals surface area contributed by atoms with Gasteiger partial charge in [0.15, 0.2) is 0 Å². The first-order valence-corrected chi connectivity index (χ1v) is 8.21. The van der Waals surface area contributed by atoms with Gasteiger partial charge in [-0.25, -0.2) is 4.79 Å². The maximum Gasteiger partial charge on any atom is 0.410 e. The molecule has 0 spiro atoms. The third-order valence-corrected chi connectivity index (χ3v) is 4.52. The predicted octanol–water partition coefficient (Wildman–Crippen LogP) is 2.23. The molecule has 1 aromatic rings. The van der Waals surface area contributed by atoms with Crippen LogP contribution >= 0.6 is 0 Å². The fraction of sp³-hybridized carbons (Fsp3) is 0.588. The first-order valence-electron chi connectivity index (χ1n) is 8.21. The van der Waals surface area contributed by atoms with Crippen molar-refractivity contribution in [3.8, 4) is 0 Å². The van der Waals surface area contributed by atoms with Crippen LogP contribution in [0, 0.1) is 5.92 Å². The Bertz CT molecular complexity index is 478. The molecule has 1 N–H and O–H groups in total. The van der Waals surface area contributed by atoms with Crippen LogP contribution in [0.15, 0.2) is 30.3 Å². The Balaban J connectivity index is 1.87. The van der Waals surface area contributed by atoms with E-state index in [9.17, 15) is 9.90 Å². The third-order valence-electron chi connectivity index (χ3n) is 4.52. The van der Waals surface area contributed by atoms with Crippen LogP contribution in [0.1, 0.15) is 31.7 Å². The number of hydrogen-bond acceptors (Lipinski definition) is 3. The lowest BCUT2D eigenvalue weighted by molar-refractivity contribution is -0.0347. The minimum atomic E-state index is -0.701. The van der Waals surface area contributed by atoms with Gasteiger partial charge < -0.3 is 14.7 Å². The van der Waals surface area contributed by atoms with Gasteiger partial charge in [-0.15, -0.1) is 0 Å². The lowest BCUT2D eigenvalue weighted by Crippen LogP contribution is -2.48. The van der Waals surface area contributed by atoms with Crippen molar-refractivity contribution in [3.63, 3.8) is 0 Å². The Morgan fingerprint density at radius 3 is 2.86 bits per heavy atom. The lowest BCUT2D eigenvalue weighted by atomic mass is 9.77. The normalized spacial score (nSPS) is 21.2. The summed E-state index contributed by atoms with van der Waals surface area (Å²) < 4.78 is 5.39. The highest BCUT2D eigenvalue weighted by Gasteiger charge is 2.36. The number of carbonyl (C=O) groups excluding carboxylic acids is 1. The fourth-order valence-corrected chi connectivity index (χ4v) is 3.17. The molecule has 0 aliphatic carbocycles. The Kier molecular flexibility index (Phi) is 5.89. The minimum absolute atomic E-state index is 0.130. The number of ether oxygens (including phenoxy) is 1. The van der Waals surface area contributed by atoms with Gasteiger partial charge in [0.1, 0.15) is 14.5 Å². The molecule has 4 nitrogen and oxygen atoms in total. The number of carbonyl (C=O) groups is 1. The summed E-state index contributed by atoms with van der Waals surface area (Å²) in [6.45, 7) is 3.49. The highest BCUT2D eigenvalue weighted by molar-refractivity contribution is 6.08. The van der Waals surface area contributed by atoms with Gasteiger partial charge in [0.05, 0.1) is 5.60 Å². The van der Waals surface area contributed by atoms with Crippen molar-refractivity contribution in [2.45, 2.75) is 44.7 Å². The average Bonchev–Trinajstić information content (AvgIpc) is 2.53. The molecule has 2 atom stereocenters. The molecule has 1 aliphatic heterocycles. The van der Waals surface area contributed by atoms with Crippen molar-refractivity contribution in [1.82, 2.24) is 4.90 Å². The molecule has 5 heteroatoms. The highest BCUT2D eigenvalue weighted by atomic mass is 16.6. The van der Waals surface area contributed by atoms with E-state index in [1.165, 1.54) is 0 Å². The van der Waals surface area contributed by atoms with Gasteiger partial charge in [-0.3, -0.25) is 0 Å². The first kappa shape index (κ1) is 16.9. The zero-order chi connectivity index (χ0) is 16.0. The monoisotopic (exact) mass is 303 g/mol. The van der Waals surface area contributed by atoms with Crippen molar-refractivity contribution >= 4 is 13.9 Å². The lowest BCUT2D eigenvalue weighted by Gasteiger charge is -2.40. The van der Waals surface area contributed by atoms with E-state index >= 15 is 0 Å². The van der Waals surface area contributed by atoms with Crippen LogP contribution in [0.25, 0.3) is 0 Å². The third kappa shape index (κ3) is 4.50. The topological polar surface area (TPSA) is 49.8 Å². The number of nitrogens with zero attached hydrogens (tertiary/aromatic N) is 1. The Morgan fingerprint density at radius 2 is 2.18 bits per heavy atom. The Labute approximate surface area is 133 Å². The molecule has 1 heterocycles.